The Balaban J connectivity index is 1.37. The van der Waals surface area contributed by atoms with E-state index in [0.717, 1.165) is 57.2 Å². The summed E-state index contributed by atoms with van der Waals surface area (Å²) >= 11 is 0. The van der Waals surface area contributed by atoms with Crippen LogP contribution in [0.1, 0.15) is 60.6 Å². The zero-order valence-electron chi connectivity index (χ0n) is 15.8. The van der Waals surface area contributed by atoms with Crippen molar-refractivity contribution in [3.05, 3.63) is 47.3 Å². The van der Waals surface area contributed by atoms with Gasteiger partial charge < -0.3 is 5.32 Å². The van der Waals surface area contributed by atoms with Crippen molar-refractivity contribution < 1.29 is 13.6 Å². The van der Waals surface area contributed by atoms with Crippen molar-refractivity contribution in [2.45, 2.75) is 57.2 Å². The lowest BCUT2D eigenvalue weighted by Gasteiger charge is -2.32. The van der Waals surface area contributed by atoms with E-state index >= 15 is 0 Å². The van der Waals surface area contributed by atoms with E-state index in [0.29, 0.717) is 12.2 Å². The Hall–Kier alpha value is -2.35. The zero-order valence-corrected chi connectivity index (χ0v) is 15.8. The summed E-state index contributed by atoms with van der Waals surface area (Å²) in [6.07, 6.45) is 8.01. The van der Waals surface area contributed by atoms with E-state index in [2.05, 4.69) is 20.5 Å². The van der Waals surface area contributed by atoms with Gasteiger partial charge in [0.05, 0.1) is 12.2 Å². The second kappa shape index (κ2) is 8.34. The molecule has 1 aromatic carbocycles. The molecule has 1 saturated heterocycles. The van der Waals surface area contributed by atoms with Crippen LogP contribution >= 0.6 is 0 Å². The Labute approximate surface area is 162 Å². The molecule has 1 aliphatic carbocycles. The number of hydrogen-bond donors (Lipinski definition) is 1. The minimum Gasteiger partial charge on any atom is -0.348 e. The van der Waals surface area contributed by atoms with Gasteiger partial charge in [-0.3, -0.25) is 9.69 Å². The van der Waals surface area contributed by atoms with Crippen LogP contribution < -0.4 is 5.32 Å². The Morgan fingerprint density at radius 3 is 2.75 bits per heavy atom. The van der Waals surface area contributed by atoms with Crippen LogP contribution in [0.25, 0.3) is 0 Å². The number of halogens is 2. The van der Waals surface area contributed by atoms with E-state index in [4.69, 9.17) is 0 Å². The molecule has 6 nitrogen and oxygen atoms in total. The van der Waals surface area contributed by atoms with Gasteiger partial charge in [0.15, 0.2) is 17.3 Å². The molecule has 150 valence electrons. The quantitative estimate of drug-likeness (QED) is 0.854. The van der Waals surface area contributed by atoms with E-state index in [-0.39, 0.29) is 18.0 Å². The summed E-state index contributed by atoms with van der Waals surface area (Å²) < 4.78 is 28.3. The fraction of sp³-hybridized carbons (Fsp3) is 0.550. The van der Waals surface area contributed by atoms with Crippen molar-refractivity contribution in [1.82, 2.24) is 25.2 Å². The molecule has 2 fully saturated rings. The molecule has 1 aromatic heterocycles. The first-order chi connectivity index (χ1) is 13.6. The number of nitrogens with zero attached hydrogens (tertiary/aromatic N) is 4. The van der Waals surface area contributed by atoms with Crippen LogP contribution in [0.15, 0.2) is 24.4 Å². The zero-order chi connectivity index (χ0) is 19.5. The van der Waals surface area contributed by atoms with Gasteiger partial charge in [0, 0.05) is 19.1 Å². The first kappa shape index (κ1) is 19.0. The second-order valence-electron chi connectivity index (χ2n) is 7.82. The molecular formula is C20H25F2N5O. The number of nitrogens with one attached hydrogen (secondary N) is 1. The number of amides is 1. The molecule has 2 aliphatic rings. The number of aromatic nitrogens is 3. The fourth-order valence-electron chi connectivity index (χ4n) is 4.18. The first-order valence-corrected chi connectivity index (χ1v) is 9.97. The van der Waals surface area contributed by atoms with Crippen LogP contribution in [0.5, 0.6) is 0 Å². The standard InChI is InChI=1S/C20H25F2N5O/c21-17-8-7-14(10-18(17)22)11-26-9-3-6-16(12-26)27-13-19(24-25-27)20(28)23-15-4-1-2-5-15/h7-8,10,13,15-16H,1-6,9,11-12H2,(H,23,28)/t16-/m0/s1. The molecule has 4 rings (SSSR count). The smallest absolute Gasteiger partial charge is 0.273 e. The van der Waals surface area contributed by atoms with Crippen LogP contribution in [-0.2, 0) is 6.54 Å². The molecule has 0 unspecified atom stereocenters. The van der Waals surface area contributed by atoms with Crippen LogP contribution in [0, 0.1) is 11.6 Å². The highest BCUT2D eigenvalue weighted by Crippen LogP contribution is 2.23. The average Bonchev–Trinajstić information content (AvgIpc) is 3.37. The lowest BCUT2D eigenvalue weighted by atomic mass is 10.0. The lowest BCUT2D eigenvalue weighted by Crippen LogP contribution is -2.36. The summed E-state index contributed by atoms with van der Waals surface area (Å²) in [4.78, 5) is 14.6. The molecule has 0 bridgehead atoms. The van der Waals surface area contributed by atoms with Gasteiger partial charge in [0.2, 0.25) is 0 Å². The van der Waals surface area contributed by atoms with Crippen LogP contribution in [-0.4, -0.2) is 44.9 Å². The van der Waals surface area contributed by atoms with Crippen molar-refractivity contribution in [2.24, 2.45) is 0 Å². The molecule has 1 amide bonds. The topological polar surface area (TPSA) is 63.1 Å². The Morgan fingerprint density at radius 2 is 1.96 bits per heavy atom. The van der Waals surface area contributed by atoms with E-state index < -0.39 is 11.6 Å². The average molecular weight is 389 g/mol. The number of likely N-dealkylation sites (tertiary alicyclic amines) is 1. The largest absolute Gasteiger partial charge is 0.348 e. The molecule has 2 heterocycles. The molecule has 1 saturated carbocycles. The SMILES string of the molecule is O=C(NC1CCCC1)c1cn([C@H]2CCCN(Cc3ccc(F)c(F)c3)C2)nn1. The molecule has 0 spiro atoms. The highest BCUT2D eigenvalue weighted by molar-refractivity contribution is 5.92. The van der Waals surface area contributed by atoms with Crippen molar-refractivity contribution in [3.8, 4) is 0 Å². The summed E-state index contributed by atoms with van der Waals surface area (Å²) in [6.45, 7) is 2.17. The molecule has 2 aromatic rings. The number of benzene rings is 1. The maximum absolute atomic E-state index is 13.4. The third-order valence-corrected chi connectivity index (χ3v) is 5.68. The second-order valence-corrected chi connectivity index (χ2v) is 7.82. The van der Waals surface area contributed by atoms with Crippen molar-refractivity contribution >= 4 is 5.91 Å². The molecular weight excluding hydrogens is 364 g/mol. The van der Waals surface area contributed by atoms with Crippen LogP contribution in [0.4, 0.5) is 8.78 Å². The maximum Gasteiger partial charge on any atom is 0.273 e. The summed E-state index contributed by atoms with van der Waals surface area (Å²) in [5.41, 5.74) is 1.10. The lowest BCUT2D eigenvalue weighted by molar-refractivity contribution is 0.0932. The van der Waals surface area contributed by atoms with Gasteiger partial charge in [0.1, 0.15) is 0 Å². The Bertz CT molecular complexity index is 834. The third kappa shape index (κ3) is 4.38. The predicted molar refractivity (Wildman–Crippen MR) is 99.7 cm³/mol. The van der Waals surface area contributed by atoms with Gasteiger partial charge in [-0.2, -0.15) is 0 Å². The molecule has 1 N–H and O–H groups in total. The summed E-state index contributed by atoms with van der Waals surface area (Å²) in [7, 11) is 0. The van der Waals surface area contributed by atoms with Gasteiger partial charge in [-0.25, -0.2) is 13.5 Å². The third-order valence-electron chi connectivity index (χ3n) is 5.68. The number of rotatable bonds is 5. The highest BCUT2D eigenvalue weighted by atomic mass is 19.2. The van der Waals surface area contributed by atoms with Crippen molar-refractivity contribution in [3.63, 3.8) is 0 Å². The first-order valence-electron chi connectivity index (χ1n) is 9.97. The van der Waals surface area contributed by atoms with Crippen LogP contribution in [0.3, 0.4) is 0 Å². The number of carbonyl (C=O) groups excluding carboxylic acids is 1. The summed E-state index contributed by atoms with van der Waals surface area (Å²) in [5.74, 6) is -1.81. The number of carbonyl (C=O) groups is 1. The van der Waals surface area contributed by atoms with Crippen molar-refractivity contribution in [1.29, 1.82) is 0 Å². The van der Waals surface area contributed by atoms with E-state index in [1.165, 1.54) is 12.1 Å². The molecule has 28 heavy (non-hydrogen) atoms. The number of piperidine rings is 1. The van der Waals surface area contributed by atoms with Gasteiger partial charge in [0.25, 0.3) is 5.91 Å². The monoisotopic (exact) mass is 389 g/mol. The summed E-state index contributed by atoms with van der Waals surface area (Å²) in [6, 6.07) is 4.39. The molecule has 8 heteroatoms. The molecule has 0 radical (unpaired) electrons. The normalized spacial score (nSPS) is 21.1. The number of hydrogen-bond acceptors (Lipinski definition) is 4. The molecule has 1 aliphatic heterocycles. The highest BCUT2D eigenvalue weighted by Gasteiger charge is 2.25. The minimum atomic E-state index is -0.828. The van der Waals surface area contributed by atoms with Gasteiger partial charge in [-0.05, 0) is 49.9 Å². The Morgan fingerprint density at radius 1 is 1.14 bits per heavy atom. The van der Waals surface area contributed by atoms with Gasteiger partial charge in [-0.15, -0.1) is 5.10 Å². The van der Waals surface area contributed by atoms with Gasteiger partial charge >= 0.3 is 0 Å². The van der Waals surface area contributed by atoms with Gasteiger partial charge in [-0.1, -0.05) is 24.1 Å². The van der Waals surface area contributed by atoms with Crippen molar-refractivity contribution in [2.75, 3.05) is 13.1 Å². The minimum absolute atomic E-state index is 0.111. The van der Waals surface area contributed by atoms with Crippen LogP contribution in [0.2, 0.25) is 0 Å². The van der Waals surface area contributed by atoms with E-state index in [1.54, 1.807) is 16.9 Å². The maximum atomic E-state index is 13.4. The predicted octanol–water partition coefficient (Wildman–Crippen LogP) is 3.07. The summed E-state index contributed by atoms with van der Waals surface area (Å²) in [5, 5.41) is 11.3. The van der Waals surface area contributed by atoms with E-state index in [1.807, 2.05) is 0 Å². The molecule has 1 atom stereocenters. The Kier molecular flexibility index (Phi) is 5.66. The van der Waals surface area contributed by atoms with E-state index in [9.17, 15) is 13.6 Å². The fourth-order valence-corrected chi connectivity index (χ4v) is 4.18.